The van der Waals surface area contributed by atoms with Crippen molar-refractivity contribution in [2.75, 3.05) is 0 Å². The minimum atomic E-state index is -0.0966. The van der Waals surface area contributed by atoms with Gasteiger partial charge in [-0.15, -0.1) is 0 Å². The summed E-state index contributed by atoms with van der Waals surface area (Å²) in [4.78, 5) is 11.5. The van der Waals surface area contributed by atoms with Crippen LogP contribution in [0.5, 0.6) is 0 Å². The Balaban J connectivity index is 0.000000276. The van der Waals surface area contributed by atoms with Crippen LogP contribution in [-0.2, 0) is 7.05 Å². The molecule has 0 aliphatic heterocycles. The van der Waals surface area contributed by atoms with Crippen LogP contribution >= 0.6 is 0 Å². The van der Waals surface area contributed by atoms with Crippen molar-refractivity contribution in [3.05, 3.63) is 70.8 Å². The van der Waals surface area contributed by atoms with Crippen molar-refractivity contribution in [1.82, 2.24) is 14.2 Å². The molecular formula is C21H28N4O. The van der Waals surface area contributed by atoms with Gasteiger partial charge in [0, 0.05) is 18.8 Å². The van der Waals surface area contributed by atoms with Gasteiger partial charge in [-0.1, -0.05) is 52.5 Å². The lowest BCUT2D eigenvalue weighted by molar-refractivity contribution is 0.732. The summed E-state index contributed by atoms with van der Waals surface area (Å²) in [5.74, 6) is 0.935. The van der Waals surface area contributed by atoms with Gasteiger partial charge in [-0.25, -0.2) is 9.48 Å². The molecule has 0 fully saturated rings. The number of fused-ring (bicyclic) bond motifs is 1. The predicted octanol–water partition coefficient (Wildman–Crippen LogP) is 4.38. The molecule has 5 heteroatoms. The molecule has 2 aromatic heterocycles. The zero-order chi connectivity index (χ0) is 19.9. The number of nitrogens with zero attached hydrogens (tertiary/aromatic N) is 4. The SMILES string of the molecule is C=C(C#N)/C=C\C(=C)C(C)C.CCC(C)c1ccn2c(=O)n(C)nc2c1. The normalized spacial score (nSPS) is 11.9. The molecule has 26 heavy (non-hydrogen) atoms. The largest absolute Gasteiger partial charge is 0.350 e. The molecule has 0 N–H and O–H groups in total. The van der Waals surface area contributed by atoms with Crippen LogP contribution in [0.1, 0.15) is 45.6 Å². The molecule has 1 unspecified atom stereocenters. The quantitative estimate of drug-likeness (QED) is 0.592. The van der Waals surface area contributed by atoms with E-state index in [0.717, 1.165) is 17.6 Å². The summed E-state index contributed by atoms with van der Waals surface area (Å²) in [7, 11) is 1.66. The fraction of sp³-hybridized carbons (Fsp3) is 0.381. The van der Waals surface area contributed by atoms with E-state index in [-0.39, 0.29) is 5.69 Å². The highest BCUT2D eigenvalue weighted by atomic mass is 16.2. The minimum Gasteiger partial charge on any atom is -0.250 e. The van der Waals surface area contributed by atoms with Crippen molar-refractivity contribution >= 4 is 5.65 Å². The van der Waals surface area contributed by atoms with Crippen molar-refractivity contribution in [2.45, 2.75) is 40.0 Å². The second kappa shape index (κ2) is 9.57. The van der Waals surface area contributed by atoms with Crippen molar-refractivity contribution in [2.24, 2.45) is 13.0 Å². The summed E-state index contributed by atoms with van der Waals surface area (Å²) in [6, 6.07) is 5.91. The average molecular weight is 352 g/mol. The van der Waals surface area contributed by atoms with E-state index >= 15 is 0 Å². The number of allylic oxidation sites excluding steroid dienone is 4. The van der Waals surface area contributed by atoms with Gasteiger partial charge in [0.15, 0.2) is 5.65 Å². The number of rotatable bonds is 5. The maximum Gasteiger partial charge on any atom is 0.350 e. The maximum atomic E-state index is 11.5. The lowest BCUT2D eigenvalue weighted by Crippen LogP contribution is -2.17. The Morgan fingerprint density at radius 3 is 2.54 bits per heavy atom. The molecule has 0 aliphatic carbocycles. The van der Waals surface area contributed by atoms with E-state index in [2.05, 4.69) is 46.0 Å². The van der Waals surface area contributed by atoms with E-state index in [1.165, 1.54) is 10.2 Å². The van der Waals surface area contributed by atoms with Crippen LogP contribution < -0.4 is 5.69 Å². The molecule has 0 amide bonds. The fourth-order valence-corrected chi connectivity index (χ4v) is 2.07. The van der Waals surface area contributed by atoms with Crippen molar-refractivity contribution < 1.29 is 0 Å². The van der Waals surface area contributed by atoms with Crippen molar-refractivity contribution in [3.8, 4) is 6.07 Å². The molecule has 0 aliphatic rings. The molecule has 138 valence electrons. The maximum absolute atomic E-state index is 11.5. The Morgan fingerprint density at radius 2 is 2.00 bits per heavy atom. The smallest absolute Gasteiger partial charge is 0.250 e. The van der Waals surface area contributed by atoms with Crippen LogP contribution in [-0.4, -0.2) is 14.2 Å². The molecule has 2 rings (SSSR count). The third-order valence-corrected chi connectivity index (χ3v) is 4.26. The van der Waals surface area contributed by atoms with Crippen LogP contribution in [0.15, 0.2) is 59.6 Å². The number of aromatic nitrogens is 3. The zero-order valence-corrected chi connectivity index (χ0v) is 16.4. The van der Waals surface area contributed by atoms with Crippen LogP contribution in [0.25, 0.3) is 5.65 Å². The minimum absolute atomic E-state index is 0.0966. The molecule has 2 aromatic rings. The van der Waals surface area contributed by atoms with E-state index in [1.54, 1.807) is 23.7 Å². The van der Waals surface area contributed by atoms with E-state index < -0.39 is 0 Å². The monoisotopic (exact) mass is 352 g/mol. The van der Waals surface area contributed by atoms with Crippen LogP contribution in [0.4, 0.5) is 0 Å². The van der Waals surface area contributed by atoms with Gasteiger partial charge >= 0.3 is 5.69 Å². The molecule has 0 saturated carbocycles. The summed E-state index contributed by atoms with van der Waals surface area (Å²) in [6.07, 6.45) is 6.40. The Labute approximate surface area is 155 Å². The first kappa shape index (κ1) is 21.2. The van der Waals surface area contributed by atoms with Crippen molar-refractivity contribution in [1.29, 1.82) is 5.26 Å². The number of nitriles is 1. The van der Waals surface area contributed by atoms with Crippen molar-refractivity contribution in [3.63, 3.8) is 0 Å². The number of pyridine rings is 1. The molecule has 2 heterocycles. The van der Waals surface area contributed by atoms with Gasteiger partial charge in [0.1, 0.15) is 0 Å². The highest BCUT2D eigenvalue weighted by Gasteiger charge is 2.07. The van der Waals surface area contributed by atoms with Gasteiger partial charge in [0.25, 0.3) is 0 Å². The predicted molar refractivity (Wildman–Crippen MR) is 107 cm³/mol. The molecule has 0 aromatic carbocycles. The number of aryl methyl sites for hydroxylation is 1. The van der Waals surface area contributed by atoms with Crippen LogP contribution in [0.3, 0.4) is 0 Å². The van der Waals surface area contributed by atoms with Crippen LogP contribution in [0.2, 0.25) is 0 Å². The topological polar surface area (TPSA) is 63.1 Å². The first-order valence-corrected chi connectivity index (χ1v) is 8.72. The van der Waals surface area contributed by atoms with Gasteiger partial charge in [-0.2, -0.15) is 10.4 Å². The second-order valence-electron chi connectivity index (χ2n) is 6.60. The summed E-state index contributed by atoms with van der Waals surface area (Å²) in [5, 5.41) is 12.5. The first-order chi connectivity index (χ1) is 12.2. The van der Waals surface area contributed by atoms with Gasteiger partial charge in [0.2, 0.25) is 0 Å². The Morgan fingerprint density at radius 1 is 1.35 bits per heavy atom. The van der Waals surface area contributed by atoms with E-state index in [4.69, 9.17) is 5.26 Å². The highest BCUT2D eigenvalue weighted by molar-refractivity contribution is 5.41. The van der Waals surface area contributed by atoms with Gasteiger partial charge < -0.3 is 0 Å². The Hall–Kier alpha value is -2.87. The van der Waals surface area contributed by atoms with E-state index in [1.807, 2.05) is 24.3 Å². The van der Waals surface area contributed by atoms with E-state index in [0.29, 0.717) is 17.4 Å². The molecule has 0 radical (unpaired) electrons. The zero-order valence-electron chi connectivity index (χ0n) is 16.4. The fourth-order valence-electron chi connectivity index (χ4n) is 2.07. The van der Waals surface area contributed by atoms with Crippen LogP contribution in [0, 0.1) is 17.2 Å². The summed E-state index contributed by atoms with van der Waals surface area (Å²) >= 11 is 0. The number of hydrogen-bond donors (Lipinski definition) is 0. The molecule has 0 bridgehead atoms. The molecule has 1 atom stereocenters. The first-order valence-electron chi connectivity index (χ1n) is 8.72. The van der Waals surface area contributed by atoms with Gasteiger partial charge in [-0.3, -0.25) is 4.40 Å². The average Bonchev–Trinajstić information content (AvgIpc) is 2.92. The molecular weight excluding hydrogens is 324 g/mol. The third kappa shape index (κ3) is 5.59. The van der Waals surface area contributed by atoms with Gasteiger partial charge in [0.05, 0.1) is 6.07 Å². The van der Waals surface area contributed by atoms with E-state index in [9.17, 15) is 4.79 Å². The number of hydrogen-bond acceptors (Lipinski definition) is 3. The Bertz CT molecular complexity index is 906. The lowest BCUT2D eigenvalue weighted by Gasteiger charge is -2.07. The standard InChI is InChI=1S/C11H15N3O.C10H13N/c1-4-8(2)9-5-6-14-10(7-9)12-13(3)11(14)15;1-8(2)10(4)6-5-9(3)7-11/h5-8H,4H2,1-3H3;5-6,8H,3-4H2,1-2H3/b;6-5-. The summed E-state index contributed by atoms with van der Waals surface area (Å²) < 4.78 is 2.92. The highest BCUT2D eigenvalue weighted by Crippen LogP contribution is 2.18. The molecule has 0 saturated heterocycles. The van der Waals surface area contributed by atoms with Gasteiger partial charge in [-0.05, 0) is 42.0 Å². The second-order valence-corrected chi connectivity index (χ2v) is 6.60. The third-order valence-electron chi connectivity index (χ3n) is 4.26. The molecule has 0 spiro atoms. The lowest BCUT2D eigenvalue weighted by atomic mass is 10.0. The Kier molecular flexibility index (Phi) is 7.79. The molecule has 5 nitrogen and oxygen atoms in total. The summed E-state index contributed by atoms with van der Waals surface area (Å²) in [6.45, 7) is 15.8. The summed E-state index contributed by atoms with van der Waals surface area (Å²) in [5.41, 5.74) is 3.34.